The molecule has 0 saturated carbocycles. The second-order valence-electron chi connectivity index (χ2n) is 3.01. The van der Waals surface area contributed by atoms with Crippen LogP contribution in [0.1, 0.15) is 26.2 Å². The van der Waals surface area contributed by atoms with Crippen LogP contribution in [-0.4, -0.2) is 24.4 Å². The molecule has 0 aromatic rings. The second-order valence-corrected chi connectivity index (χ2v) is 3.01. The van der Waals surface area contributed by atoms with E-state index >= 15 is 0 Å². The van der Waals surface area contributed by atoms with E-state index in [2.05, 4.69) is 6.92 Å². The molecule has 0 bridgehead atoms. The Kier molecular flexibility index (Phi) is 3.16. The van der Waals surface area contributed by atoms with Crippen LogP contribution in [0.4, 0.5) is 0 Å². The third-order valence-corrected chi connectivity index (χ3v) is 2.09. The van der Waals surface area contributed by atoms with Crippen LogP contribution in [0.25, 0.3) is 0 Å². The molecular formula is C8H16O2. The molecule has 0 radical (unpaired) electrons. The summed E-state index contributed by atoms with van der Waals surface area (Å²) in [7, 11) is 0. The SMILES string of the molecule is CCCCC1COCC1O. The van der Waals surface area contributed by atoms with E-state index in [1.807, 2.05) is 0 Å². The summed E-state index contributed by atoms with van der Waals surface area (Å²) in [6, 6.07) is 0. The molecule has 10 heavy (non-hydrogen) atoms. The number of ether oxygens (including phenoxy) is 1. The monoisotopic (exact) mass is 144 g/mol. The predicted octanol–water partition coefficient (Wildman–Crippen LogP) is 1.18. The van der Waals surface area contributed by atoms with Gasteiger partial charge in [-0.2, -0.15) is 0 Å². The van der Waals surface area contributed by atoms with Gasteiger partial charge in [0.2, 0.25) is 0 Å². The highest BCUT2D eigenvalue weighted by Crippen LogP contribution is 2.19. The normalized spacial score (nSPS) is 33.0. The van der Waals surface area contributed by atoms with Crippen molar-refractivity contribution in [3.63, 3.8) is 0 Å². The molecule has 1 fully saturated rings. The Morgan fingerprint density at radius 1 is 1.50 bits per heavy atom. The Morgan fingerprint density at radius 3 is 2.80 bits per heavy atom. The van der Waals surface area contributed by atoms with Gasteiger partial charge in [-0.1, -0.05) is 19.8 Å². The highest BCUT2D eigenvalue weighted by Gasteiger charge is 2.24. The Balaban J connectivity index is 2.14. The van der Waals surface area contributed by atoms with Gasteiger partial charge < -0.3 is 9.84 Å². The summed E-state index contributed by atoms with van der Waals surface area (Å²) in [6.45, 7) is 3.48. The molecule has 0 aromatic heterocycles. The zero-order chi connectivity index (χ0) is 7.40. The van der Waals surface area contributed by atoms with Gasteiger partial charge in [0, 0.05) is 5.92 Å². The maximum atomic E-state index is 9.29. The maximum Gasteiger partial charge on any atom is 0.0823 e. The molecule has 1 aliphatic rings. The summed E-state index contributed by atoms with van der Waals surface area (Å²) >= 11 is 0. The summed E-state index contributed by atoms with van der Waals surface area (Å²) in [5.41, 5.74) is 0. The van der Waals surface area contributed by atoms with Crippen LogP contribution < -0.4 is 0 Å². The fourth-order valence-corrected chi connectivity index (χ4v) is 1.33. The minimum Gasteiger partial charge on any atom is -0.390 e. The predicted molar refractivity (Wildman–Crippen MR) is 39.8 cm³/mol. The van der Waals surface area contributed by atoms with Gasteiger partial charge in [-0.3, -0.25) is 0 Å². The highest BCUT2D eigenvalue weighted by atomic mass is 16.5. The van der Waals surface area contributed by atoms with E-state index in [1.165, 1.54) is 12.8 Å². The van der Waals surface area contributed by atoms with E-state index < -0.39 is 0 Å². The molecule has 1 heterocycles. The molecule has 1 N–H and O–H groups in total. The lowest BCUT2D eigenvalue weighted by molar-refractivity contribution is 0.116. The van der Waals surface area contributed by atoms with Crippen molar-refractivity contribution in [2.24, 2.45) is 5.92 Å². The zero-order valence-corrected chi connectivity index (χ0v) is 6.55. The average molecular weight is 144 g/mol. The summed E-state index contributed by atoms with van der Waals surface area (Å²) in [4.78, 5) is 0. The van der Waals surface area contributed by atoms with Gasteiger partial charge in [0.25, 0.3) is 0 Å². The van der Waals surface area contributed by atoms with Crippen molar-refractivity contribution in [2.75, 3.05) is 13.2 Å². The number of hydrogen-bond acceptors (Lipinski definition) is 2. The lowest BCUT2D eigenvalue weighted by atomic mass is 9.99. The largest absolute Gasteiger partial charge is 0.390 e. The second kappa shape index (κ2) is 3.94. The standard InChI is InChI=1S/C8H16O2/c1-2-3-4-7-5-10-6-8(7)9/h7-9H,2-6H2,1H3. The Morgan fingerprint density at radius 2 is 2.30 bits per heavy atom. The maximum absolute atomic E-state index is 9.29. The fourth-order valence-electron chi connectivity index (χ4n) is 1.33. The highest BCUT2D eigenvalue weighted by molar-refractivity contribution is 4.73. The summed E-state index contributed by atoms with van der Waals surface area (Å²) in [5.74, 6) is 0.417. The van der Waals surface area contributed by atoms with Crippen LogP contribution >= 0.6 is 0 Å². The molecule has 2 unspecified atom stereocenters. The van der Waals surface area contributed by atoms with Gasteiger partial charge >= 0.3 is 0 Å². The number of aliphatic hydroxyl groups is 1. The first-order chi connectivity index (χ1) is 4.84. The van der Waals surface area contributed by atoms with E-state index in [1.54, 1.807) is 0 Å². The molecule has 2 atom stereocenters. The van der Waals surface area contributed by atoms with E-state index in [0.29, 0.717) is 12.5 Å². The van der Waals surface area contributed by atoms with Gasteiger partial charge in [-0.05, 0) is 6.42 Å². The van der Waals surface area contributed by atoms with Crippen LogP contribution in [0.5, 0.6) is 0 Å². The van der Waals surface area contributed by atoms with Crippen LogP contribution in [-0.2, 0) is 4.74 Å². The third kappa shape index (κ3) is 1.96. The van der Waals surface area contributed by atoms with Gasteiger partial charge in [0.05, 0.1) is 19.3 Å². The van der Waals surface area contributed by atoms with Crippen molar-refractivity contribution in [2.45, 2.75) is 32.3 Å². The van der Waals surface area contributed by atoms with Gasteiger partial charge in [-0.15, -0.1) is 0 Å². The van der Waals surface area contributed by atoms with Crippen LogP contribution in [0.2, 0.25) is 0 Å². The number of rotatable bonds is 3. The molecule has 1 saturated heterocycles. The molecule has 1 rings (SSSR count). The first kappa shape index (κ1) is 8.02. The first-order valence-corrected chi connectivity index (χ1v) is 4.10. The van der Waals surface area contributed by atoms with Crippen molar-refractivity contribution < 1.29 is 9.84 Å². The van der Waals surface area contributed by atoms with Crippen LogP contribution in [0, 0.1) is 5.92 Å². The van der Waals surface area contributed by atoms with Crippen molar-refractivity contribution in [3.05, 3.63) is 0 Å². The van der Waals surface area contributed by atoms with Crippen molar-refractivity contribution in [1.29, 1.82) is 0 Å². The molecule has 0 aliphatic carbocycles. The molecule has 2 heteroatoms. The minimum atomic E-state index is -0.188. The van der Waals surface area contributed by atoms with Gasteiger partial charge in [0.15, 0.2) is 0 Å². The third-order valence-electron chi connectivity index (χ3n) is 2.09. The first-order valence-electron chi connectivity index (χ1n) is 4.10. The van der Waals surface area contributed by atoms with E-state index in [-0.39, 0.29) is 6.10 Å². The van der Waals surface area contributed by atoms with Crippen LogP contribution in [0.15, 0.2) is 0 Å². The molecule has 0 aromatic carbocycles. The van der Waals surface area contributed by atoms with Crippen LogP contribution in [0.3, 0.4) is 0 Å². The lowest BCUT2D eigenvalue weighted by Crippen LogP contribution is -2.17. The quantitative estimate of drug-likeness (QED) is 0.644. The minimum absolute atomic E-state index is 0.188. The van der Waals surface area contributed by atoms with Gasteiger partial charge in [0.1, 0.15) is 0 Å². The molecular weight excluding hydrogens is 128 g/mol. The number of hydrogen-bond donors (Lipinski definition) is 1. The molecule has 0 spiro atoms. The smallest absolute Gasteiger partial charge is 0.0823 e. The van der Waals surface area contributed by atoms with Crippen molar-refractivity contribution >= 4 is 0 Å². The Bertz CT molecular complexity index is 93.3. The Hall–Kier alpha value is -0.0800. The Labute approximate surface area is 62.2 Å². The van der Waals surface area contributed by atoms with Crippen molar-refractivity contribution in [3.8, 4) is 0 Å². The van der Waals surface area contributed by atoms with Gasteiger partial charge in [-0.25, -0.2) is 0 Å². The zero-order valence-electron chi connectivity index (χ0n) is 6.55. The lowest BCUT2D eigenvalue weighted by Gasteiger charge is -2.09. The van der Waals surface area contributed by atoms with Crippen molar-refractivity contribution in [1.82, 2.24) is 0 Å². The summed E-state index contributed by atoms with van der Waals surface area (Å²) in [5, 5.41) is 9.29. The van der Waals surface area contributed by atoms with E-state index in [4.69, 9.17) is 4.74 Å². The molecule has 2 nitrogen and oxygen atoms in total. The van der Waals surface area contributed by atoms with E-state index in [9.17, 15) is 5.11 Å². The number of unbranched alkanes of at least 4 members (excludes halogenated alkanes) is 1. The topological polar surface area (TPSA) is 29.5 Å². The molecule has 1 aliphatic heterocycles. The fraction of sp³-hybridized carbons (Fsp3) is 1.00. The average Bonchev–Trinajstić information content (AvgIpc) is 2.31. The summed E-state index contributed by atoms with van der Waals surface area (Å²) < 4.78 is 5.12. The molecule has 0 amide bonds. The summed E-state index contributed by atoms with van der Waals surface area (Å²) in [6.07, 6.45) is 3.36. The molecule has 60 valence electrons. The van der Waals surface area contributed by atoms with E-state index in [0.717, 1.165) is 13.0 Å². The number of aliphatic hydroxyl groups excluding tert-OH is 1.